The molecule has 1 fully saturated rings. The minimum Gasteiger partial charge on any atom is -0.435 e. The number of aromatic nitrogens is 2. The van der Waals surface area contributed by atoms with Gasteiger partial charge >= 0.3 is 6.61 Å². The van der Waals surface area contributed by atoms with E-state index < -0.39 is 6.61 Å². The van der Waals surface area contributed by atoms with Gasteiger partial charge in [0, 0.05) is 24.1 Å². The second-order valence-corrected chi connectivity index (χ2v) is 6.75. The number of hydrogen-bond donors (Lipinski definition) is 2. The molecule has 6 nitrogen and oxygen atoms in total. The molecule has 1 atom stereocenters. The van der Waals surface area contributed by atoms with Crippen molar-refractivity contribution in [3.8, 4) is 17.0 Å². The molecule has 1 aliphatic heterocycles. The lowest BCUT2D eigenvalue weighted by molar-refractivity contribution is -0.116. The largest absolute Gasteiger partial charge is 0.435 e. The van der Waals surface area contributed by atoms with Gasteiger partial charge in [-0.15, -0.1) is 0 Å². The zero-order valence-corrected chi connectivity index (χ0v) is 15.3. The van der Waals surface area contributed by atoms with Crippen LogP contribution in [0.5, 0.6) is 5.75 Å². The summed E-state index contributed by atoms with van der Waals surface area (Å²) in [5.74, 6) is 0.542. The van der Waals surface area contributed by atoms with Crippen LogP contribution < -0.4 is 10.1 Å². The van der Waals surface area contributed by atoms with E-state index in [-0.39, 0.29) is 11.7 Å². The third-order valence-corrected chi connectivity index (χ3v) is 4.77. The summed E-state index contributed by atoms with van der Waals surface area (Å²) in [7, 11) is 0. The van der Waals surface area contributed by atoms with Gasteiger partial charge < -0.3 is 15.0 Å². The van der Waals surface area contributed by atoms with Gasteiger partial charge in [0.1, 0.15) is 11.6 Å². The molecule has 0 radical (unpaired) electrons. The first-order valence-corrected chi connectivity index (χ1v) is 9.16. The lowest BCUT2D eigenvalue weighted by Crippen LogP contribution is -2.28. The van der Waals surface area contributed by atoms with Crippen LogP contribution in [0, 0.1) is 0 Å². The van der Waals surface area contributed by atoms with E-state index in [1.807, 2.05) is 0 Å². The molecule has 146 valence electrons. The molecule has 1 amide bonds. The van der Waals surface area contributed by atoms with Gasteiger partial charge in [-0.3, -0.25) is 9.89 Å². The number of benzene rings is 1. The van der Waals surface area contributed by atoms with Crippen LogP contribution >= 0.6 is 0 Å². The molecule has 27 heavy (non-hydrogen) atoms. The van der Waals surface area contributed by atoms with Crippen molar-refractivity contribution >= 4 is 11.7 Å². The van der Waals surface area contributed by atoms with Gasteiger partial charge in [-0.05, 0) is 63.5 Å². The highest BCUT2D eigenvalue weighted by molar-refractivity contribution is 5.90. The Hall–Kier alpha value is -2.48. The highest BCUT2D eigenvalue weighted by atomic mass is 19.3. The van der Waals surface area contributed by atoms with Gasteiger partial charge in [-0.25, -0.2) is 0 Å². The van der Waals surface area contributed by atoms with Crippen LogP contribution in [0.25, 0.3) is 11.3 Å². The van der Waals surface area contributed by atoms with Gasteiger partial charge in [-0.1, -0.05) is 0 Å². The Labute approximate surface area is 156 Å². The molecule has 3 rings (SSSR count). The Bertz CT molecular complexity index is 748. The van der Waals surface area contributed by atoms with Crippen LogP contribution in [0.15, 0.2) is 30.3 Å². The summed E-state index contributed by atoms with van der Waals surface area (Å²) in [4.78, 5) is 14.5. The normalized spacial score (nSPS) is 17.4. The molecule has 0 aliphatic carbocycles. The van der Waals surface area contributed by atoms with E-state index in [0.717, 1.165) is 25.1 Å². The number of aromatic amines is 1. The molecule has 0 saturated carbocycles. The van der Waals surface area contributed by atoms with E-state index in [1.54, 1.807) is 18.2 Å². The SMILES string of the molecule is C[C@@H]1CCCN1CCCC(=O)Nc1cc(-c2ccc(OC(F)F)cc2)n[nH]1. The summed E-state index contributed by atoms with van der Waals surface area (Å²) in [6.07, 6.45) is 3.75. The van der Waals surface area contributed by atoms with E-state index in [4.69, 9.17) is 0 Å². The second kappa shape index (κ2) is 8.94. The Morgan fingerprint density at radius 1 is 1.41 bits per heavy atom. The Balaban J connectivity index is 1.47. The fourth-order valence-corrected chi connectivity index (χ4v) is 3.32. The molecular formula is C19H24F2N4O2. The van der Waals surface area contributed by atoms with Crippen molar-refractivity contribution in [2.75, 3.05) is 18.4 Å². The quantitative estimate of drug-likeness (QED) is 0.731. The number of ether oxygens (including phenoxy) is 1. The highest BCUT2D eigenvalue weighted by Crippen LogP contribution is 2.23. The topological polar surface area (TPSA) is 70.2 Å². The standard InChI is InChI=1S/C19H24F2N4O2/c1-13-4-2-10-25(13)11-3-5-18(26)22-17-12-16(23-24-17)14-6-8-15(9-7-14)27-19(20)21/h6-9,12-13,19H,2-5,10-11H2,1H3,(H2,22,23,24,26)/t13-/m1/s1. The molecule has 0 spiro atoms. The van der Waals surface area contributed by atoms with Crippen molar-refractivity contribution in [1.82, 2.24) is 15.1 Å². The first kappa shape index (κ1) is 19.3. The lowest BCUT2D eigenvalue weighted by Gasteiger charge is -2.20. The van der Waals surface area contributed by atoms with E-state index in [9.17, 15) is 13.6 Å². The Morgan fingerprint density at radius 3 is 2.85 bits per heavy atom. The maximum Gasteiger partial charge on any atom is 0.387 e. The van der Waals surface area contributed by atoms with Gasteiger partial charge in [0.2, 0.25) is 5.91 Å². The summed E-state index contributed by atoms with van der Waals surface area (Å²) in [5.41, 5.74) is 1.34. The predicted octanol–water partition coefficient (Wildman–Crippen LogP) is 3.88. The number of halogens is 2. The molecule has 1 saturated heterocycles. The van der Waals surface area contributed by atoms with Gasteiger partial charge in [0.25, 0.3) is 0 Å². The number of anilines is 1. The number of rotatable bonds is 8. The van der Waals surface area contributed by atoms with E-state index in [1.165, 1.54) is 25.0 Å². The molecule has 0 unspecified atom stereocenters. The molecule has 0 bridgehead atoms. The molecular weight excluding hydrogens is 354 g/mol. The third-order valence-electron chi connectivity index (χ3n) is 4.77. The summed E-state index contributed by atoms with van der Waals surface area (Å²) in [6.45, 7) is 1.44. The van der Waals surface area contributed by atoms with Gasteiger partial charge in [0.05, 0.1) is 5.69 Å². The van der Waals surface area contributed by atoms with Crippen LogP contribution in [0.4, 0.5) is 14.6 Å². The van der Waals surface area contributed by atoms with Crippen molar-refractivity contribution in [3.05, 3.63) is 30.3 Å². The lowest BCUT2D eigenvalue weighted by atomic mass is 10.1. The van der Waals surface area contributed by atoms with E-state index in [2.05, 4.69) is 32.1 Å². The number of likely N-dealkylation sites (tertiary alicyclic amines) is 1. The average molecular weight is 378 g/mol. The van der Waals surface area contributed by atoms with Crippen LogP contribution in [0.3, 0.4) is 0 Å². The van der Waals surface area contributed by atoms with Crippen LogP contribution in [0.2, 0.25) is 0 Å². The number of nitrogens with zero attached hydrogens (tertiary/aromatic N) is 2. The molecule has 1 aromatic carbocycles. The Kier molecular flexibility index (Phi) is 6.39. The molecule has 8 heteroatoms. The van der Waals surface area contributed by atoms with Gasteiger partial charge in [-0.2, -0.15) is 13.9 Å². The van der Waals surface area contributed by atoms with Crippen molar-refractivity contribution in [1.29, 1.82) is 0 Å². The van der Waals surface area contributed by atoms with Gasteiger partial charge in [0.15, 0.2) is 0 Å². The maximum absolute atomic E-state index is 12.2. The molecule has 2 N–H and O–H groups in total. The number of amides is 1. The monoisotopic (exact) mass is 378 g/mol. The first-order valence-electron chi connectivity index (χ1n) is 9.16. The third kappa shape index (κ3) is 5.50. The van der Waals surface area contributed by atoms with Crippen LogP contribution in [-0.4, -0.2) is 46.7 Å². The number of hydrogen-bond acceptors (Lipinski definition) is 4. The zero-order chi connectivity index (χ0) is 19.2. The van der Waals surface area contributed by atoms with E-state index >= 15 is 0 Å². The second-order valence-electron chi connectivity index (χ2n) is 6.75. The number of H-pyrrole nitrogens is 1. The molecule has 1 aromatic heterocycles. The maximum atomic E-state index is 12.2. The first-order chi connectivity index (χ1) is 13.0. The highest BCUT2D eigenvalue weighted by Gasteiger charge is 2.19. The number of carbonyl (C=O) groups is 1. The number of alkyl halides is 2. The van der Waals surface area contributed by atoms with Crippen LogP contribution in [-0.2, 0) is 4.79 Å². The summed E-state index contributed by atoms with van der Waals surface area (Å²) < 4.78 is 28.7. The number of nitrogens with one attached hydrogen (secondary N) is 2. The smallest absolute Gasteiger partial charge is 0.387 e. The van der Waals surface area contributed by atoms with Crippen molar-refractivity contribution in [3.63, 3.8) is 0 Å². The van der Waals surface area contributed by atoms with E-state index in [0.29, 0.717) is 24.0 Å². The fourth-order valence-electron chi connectivity index (χ4n) is 3.32. The number of carbonyl (C=O) groups excluding carboxylic acids is 1. The minimum absolute atomic E-state index is 0.0577. The van der Waals surface area contributed by atoms with Crippen molar-refractivity contribution in [2.45, 2.75) is 45.3 Å². The minimum atomic E-state index is -2.85. The van der Waals surface area contributed by atoms with Crippen LogP contribution in [0.1, 0.15) is 32.6 Å². The summed E-state index contributed by atoms with van der Waals surface area (Å²) in [5, 5.41) is 9.73. The van der Waals surface area contributed by atoms with Crippen molar-refractivity contribution in [2.24, 2.45) is 0 Å². The molecule has 2 heterocycles. The predicted molar refractivity (Wildman–Crippen MR) is 98.8 cm³/mol. The zero-order valence-electron chi connectivity index (χ0n) is 15.3. The van der Waals surface area contributed by atoms with Crippen molar-refractivity contribution < 1.29 is 18.3 Å². The fraction of sp³-hybridized carbons (Fsp3) is 0.474. The summed E-state index contributed by atoms with van der Waals surface area (Å²) >= 11 is 0. The molecule has 2 aromatic rings. The average Bonchev–Trinajstić information content (AvgIpc) is 3.24. The molecule has 1 aliphatic rings. The Morgan fingerprint density at radius 2 is 2.19 bits per heavy atom. The summed E-state index contributed by atoms with van der Waals surface area (Å²) in [6, 6.07) is 8.50.